The average Bonchev–Trinajstić information content (AvgIpc) is 2.70. The number of aliphatic hydroxyl groups is 1. The van der Waals surface area contributed by atoms with E-state index >= 15 is 0 Å². The number of nitrogens with zero attached hydrogens (tertiary/aromatic N) is 1. The van der Waals surface area contributed by atoms with Crippen LogP contribution < -0.4 is 0 Å². The van der Waals surface area contributed by atoms with Crippen molar-refractivity contribution in [3.63, 3.8) is 0 Å². The number of hydrogen-bond acceptors (Lipinski definition) is 3. The van der Waals surface area contributed by atoms with Crippen LogP contribution in [0.25, 0.3) is 0 Å². The summed E-state index contributed by atoms with van der Waals surface area (Å²) in [5.74, 6) is 0. The standard InChI is InChI=1S/C16H18ClNOS/c1-16(2)8-12-15(13(19)9-16)20-14(18-12)7-10-4-3-5-11(17)6-10/h3-6,13,19H,7-9H2,1-2H3. The Kier molecular flexibility index (Phi) is 3.61. The molecule has 0 saturated carbocycles. The third kappa shape index (κ3) is 2.90. The van der Waals surface area contributed by atoms with E-state index in [1.54, 1.807) is 11.3 Å². The van der Waals surface area contributed by atoms with E-state index in [2.05, 4.69) is 19.9 Å². The van der Waals surface area contributed by atoms with Crippen molar-refractivity contribution in [2.24, 2.45) is 5.41 Å². The molecule has 0 bridgehead atoms. The van der Waals surface area contributed by atoms with Gasteiger partial charge in [0.05, 0.1) is 21.7 Å². The summed E-state index contributed by atoms with van der Waals surface area (Å²) in [4.78, 5) is 5.79. The molecule has 3 rings (SSSR count). The van der Waals surface area contributed by atoms with Gasteiger partial charge in [-0.2, -0.15) is 0 Å². The Hall–Kier alpha value is -0.900. The second-order valence-corrected chi connectivity index (χ2v) is 7.84. The first-order valence-corrected chi connectivity index (χ1v) is 8.03. The summed E-state index contributed by atoms with van der Waals surface area (Å²) in [6, 6.07) is 7.88. The molecule has 1 N–H and O–H groups in total. The van der Waals surface area contributed by atoms with Crippen LogP contribution in [-0.4, -0.2) is 10.1 Å². The molecule has 0 radical (unpaired) electrons. The average molecular weight is 308 g/mol. The molecule has 1 aliphatic rings. The Labute approximate surface area is 128 Å². The molecule has 0 aliphatic heterocycles. The molecular formula is C16H18ClNOS. The largest absolute Gasteiger partial charge is 0.387 e. The molecule has 0 saturated heterocycles. The zero-order chi connectivity index (χ0) is 14.3. The minimum atomic E-state index is -0.362. The van der Waals surface area contributed by atoms with Gasteiger partial charge in [-0.15, -0.1) is 11.3 Å². The van der Waals surface area contributed by atoms with Gasteiger partial charge in [-0.3, -0.25) is 0 Å². The SMILES string of the molecule is CC1(C)Cc2nc(Cc3cccc(Cl)c3)sc2C(O)C1. The van der Waals surface area contributed by atoms with E-state index in [4.69, 9.17) is 16.6 Å². The van der Waals surface area contributed by atoms with Crippen LogP contribution in [0.5, 0.6) is 0 Å². The van der Waals surface area contributed by atoms with Gasteiger partial charge in [-0.25, -0.2) is 4.98 Å². The Morgan fingerprint density at radius 1 is 1.45 bits per heavy atom. The van der Waals surface area contributed by atoms with Gasteiger partial charge in [0.25, 0.3) is 0 Å². The molecule has 1 heterocycles. The quantitative estimate of drug-likeness (QED) is 0.892. The van der Waals surface area contributed by atoms with E-state index in [0.29, 0.717) is 0 Å². The van der Waals surface area contributed by atoms with Gasteiger partial charge in [-0.05, 0) is 36.0 Å². The second kappa shape index (κ2) is 5.14. The Balaban J connectivity index is 1.87. The zero-order valence-corrected chi connectivity index (χ0v) is 13.3. The lowest BCUT2D eigenvalue weighted by Crippen LogP contribution is -2.24. The van der Waals surface area contributed by atoms with Crippen LogP contribution in [0, 0.1) is 5.41 Å². The van der Waals surface area contributed by atoms with Crippen LogP contribution in [0.4, 0.5) is 0 Å². The summed E-state index contributed by atoms with van der Waals surface area (Å²) < 4.78 is 0. The van der Waals surface area contributed by atoms with Crippen molar-refractivity contribution in [3.05, 3.63) is 50.4 Å². The maximum absolute atomic E-state index is 10.3. The van der Waals surface area contributed by atoms with Gasteiger partial charge in [0.2, 0.25) is 0 Å². The fourth-order valence-corrected chi connectivity index (χ4v) is 4.16. The first kappa shape index (κ1) is 14.1. The first-order valence-electron chi connectivity index (χ1n) is 6.84. The van der Waals surface area contributed by atoms with Crippen molar-refractivity contribution in [1.82, 2.24) is 4.98 Å². The first-order chi connectivity index (χ1) is 9.43. The molecule has 2 aromatic rings. The number of thiazole rings is 1. The second-order valence-electron chi connectivity index (χ2n) is 6.29. The summed E-state index contributed by atoms with van der Waals surface area (Å²) in [5.41, 5.74) is 2.38. The van der Waals surface area contributed by atoms with Crippen LogP contribution in [0.3, 0.4) is 0 Å². The number of fused-ring (bicyclic) bond motifs is 1. The van der Waals surface area contributed by atoms with Gasteiger partial charge in [0, 0.05) is 11.4 Å². The smallest absolute Gasteiger partial charge is 0.0975 e. The molecule has 4 heteroatoms. The molecule has 1 atom stereocenters. The van der Waals surface area contributed by atoms with Crippen molar-refractivity contribution >= 4 is 22.9 Å². The molecule has 1 aliphatic carbocycles. The Morgan fingerprint density at radius 3 is 3.00 bits per heavy atom. The van der Waals surface area contributed by atoms with Crippen molar-refractivity contribution in [2.45, 2.75) is 39.2 Å². The fourth-order valence-electron chi connectivity index (χ4n) is 2.84. The molecule has 1 aromatic heterocycles. The van der Waals surface area contributed by atoms with Crippen LogP contribution >= 0.6 is 22.9 Å². The number of rotatable bonds is 2. The number of aromatic nitrogens is 1. The lowest BCUT2D eigenvalue weighted by molar-refractivity contribution is 0.102. The summed E-state index contributed by atoms with van der Waals surface area (Å²) in [7, 11) is 0. The third-order valence-corrected chi connectivity index (χ3v) is 5.14. The van der Waals surface area contributed by atoms with Crippen molar-refractivity contribution in [2.75, 3.05) is 0 Å². The molecule has 1 unspecified atom stereocenters. The highest BCUT2D eigenvalue weighted by Crippen LogP contribution is 2.43. The maximum atomic E-state index is 10.3. The molecule has 1 aromatic carbocycles. The van der Waals surface area contributed by atoms with Gasteiger partial charge >= 0.3 is 0 Å². The minimum Gasteiger partial charge on any atom is -0.387 e. The summed E-state index contributed by atoms with van der Waals surface area (Å²) in [6.45, 7) is 4.38. The van der Waals surface area contributed by atoms with Crippen LogP contribution in [0.15, 0.2) is 24.3 Å². The Bertz CT molecular complexity index is 635. The van der Waals surface area contributed by atoms with E-state index in [9.17, 15) is 5.11 Å². The molecular weight excluding hydrogens is 290 g/mol. The van der Waals surface area contributed by atoms with Crippen molar-refractivity contribution in [3.8, 4) is 0 Å². The monoisotopic (exact) mass is 307 g/mol. The normalized spacial score (nSPS) is 20.7. The number of halogens is 1. The molecule has 0 fully saturated rings. The van der Waals surface area contributed by atoms with E-state index in [1.807, 2.05) is 18.2 Å². The van der Waals surface area contributed by atoms with Crippen LogP contribution in [-0.2, 0) is 12.8 Å². The summed E-state index contributed by atoms with van der Waals surface area (Å²) in [5, 5.41) is 12.1. The van der Waals surface area contributed by atoms with Gasteiger partial charge < -0.3 is 5.11 Å². The van der Waals surface area contributed by atoms with Crippen molar-refractivity contribution in [1.29, 1.82) is 0 Å². The van der Waals surface area contributed by atoms with Gasteiger partial charge in [0.15, 0.2) is 0 Å². The third-order valence-electron chi connectivity index (χ3n) is 3.71. The summed E-state index contributed by atoms with van der Waals surface area (Å²) >= 11 is 7.66. The van der Waals surface area contributed by atoms with E-state index in [0.717, 1.165) is 45.4 Å². The summed E-state index contributed by atoms with van der Waals surface area (Å²) in [6.07, 6.45) is 2.19. The molecule has 2 nitrogen and oxygen atoms in total. The predicted molar refractivity (Wildman–Crippen MR) is 83.4 cm³/mol. The lowest BCUT2D eigenvalue weighted by Gasteiger charge is -2.31. The topological polar surface area (TPSA) is 33.1 Å². The minimum absolute atomic E-state index is 0.133. The molecule has 0 spiro atoms. The molecule has 20 heavy (non-hydrogen) atoms. The number of benzene rings is 1. The number of hydrogen-bond donors (Lipinski definition) is 1. The van der Waals surface area contributed by atoms with Gasteiger partial charge in [0.1, 0.15) is 0 Å². The maximum Gasteiger partial charge on any atom is 0.0975 e. The van der Waals surface area contributed by atoms with E-state index in [-0.39, 0.29) is 11.5 Å². The molecule has 0 amide bonds. The Morgan fingerprint density at radius 2 is 2.25 bits per heavy atom. The zero-order valence-electron chi connectivity index (χ0n) is 11.7. The van der Waals surface area contributed by atoms with E-state index in [1.165, 1.54) is 0 Å². The highest BCUT2D eigenvalue weighted by atomic mass is 35.5. The van der Waals surface area contributed by atoms with Crippen LogP contribution in [0.2, 0.25) is 5.02 Å². The van der Waals surface area contributed by atoms with Crippen molar-refractivity contribution < 1.29 is 5.11 Å². The fraction of sp³-hybridized carbons (Fsp3) is 0.438. The lowest BCUT2D eigenvalue weighted by atomic mass is 9.77. The van der Waals surface area contributed by atoms with Gasteiger partial charge in [-0.1, -0.05) is 37.6 Å². The predicted octanol–water partition coefficient (Wildman–Crippen LogP) is 4.39. The highest BCUT2D eigenvalue weighted by molar-refractivity contribution is 7.11. The molecule has 106 valence electrons. The van der Waals surface area contributed by atoms with Crippen LogP contribution in [0.1, 0.15) is 47.5 Å². The number of aliphatic hydroxyl groups excluding tert-OH is 1. The highest BCUT2D eigenvalue weighted by Gasteiger charge is 2.33. The van der Waals surface area contributed by atoms with E-state index < -0.39 is 0 Å².